The van der Waals surface area contributed by atoms with Gasteiger partial charge in [-0.2, -0.15) is 0 Å². The highest BCUT2D eigenvalue weighted by Crippen LogP contribution is 2.32. The minimum Gasteiger partial charge on any atom is -0.493 e. The minimum absolute atomic E-state index is 0.0316. The zero-order valence-electron chi connectivity index (χ0n) is 16.4. The summed E-state index contributed by atoms with van der Waals surface area (Å²) in [5.74, 6) is 0.756. The largest absolute Gasteiger partial charge is 0.493 e. The number of hydrogen-bond donors (Lipinski definition) is 1. The molecule has 0 aromatic heterocycles. The van der Waals surface area contributed by atoms with Crippen molar-refractivity contribution in [1.29, 1.82) is 0 Å². The molecule has 1 N–H and O–H groups in total. The normalized spacial score (nSPS) is 19.2. The van der Waals surface area contributed by atoms with Gasteiger partial charge in [0.05, 0.1) is 14.2 Å². The van der Waals surface area contributed by atoms with E-state index in [-0.39, 0.29) is 24.4 Å². The van der Waals surface area contributed by atoms with Gasteiger partial charge in [-0.15, -0.1) is 0 Å². The van der Waals surface area contributed by atoms with Gasteiger partial charge in [0, 0.05) is 38.4 Å². The number of likely N-dealkylation sites (N-methyl/N-ethyl adjacent to an activating group) is 1. The molecule has 1 aromatic rings. The average Bonchev–Trinajstić information content (AvgIpc) is 3.34. The molecule has 28 heavy (non-hydrogen) atoms. The zero-order valence-corrected chi connectivity index (χ0v) is 16.4. The molecule has 0 spiro atoms. The number of urea groups is 1. The van der Waals surface area contributed by atoms with Crippen molar-refractivity contribution >= 4 is 23.5 Å². The molecule has 9 heteroatoms. The summed E-state index contributed by atoms with van der Waals surface area (Å²) in [5.41, 5.74) is 0.682. The number of methoxy groups -OCH3 is 2. The lowest BCUT2D eigenvalue weighted by molar-refractivity contribution is -0.138. The lowest BCUT2D eigenvalue weighted by atomic mass is 10.2. The van der Waals surface area contributed by atoms with E-state index in [0.717, 1.165) is 6.42 Å². The Bertz CT molecular complexity index is 769. The van der Waals surface area contributed by atoms with E-state index in [1.165, 1.54) is 12.0 Å². The number of carbonyl (C=O) groups is 3. The number of amides is 4. The highest BCUT2D eigenvalue weighted by Gasteiger charge is 2.37. The van der Waals surface area contributed by atoms with E-state index in [1.54, 1.807) is 42.2 Å². The van der Waals surface area contributed by atoms with Gasteiger partial charge in [0.25, 0.3) is 0 Å². The van der Waals surface area contributed by atoms with E-state index in [1.807, 2.05) is 0 Å². The van der Waals surface area contributed by atoms with Gasteiger partial charge in [-0.3, -0.25) is 14.5 Å². The van der Waals surface area contributed by atoms with Crippen molar-refractivity contribution in [3.05, 3.63) is 18.2 Å². The Labute approximate surface area is 164 Å². The molecular formula is C19H26N4O5. The monoisotopic (exact) mass is 390 g/mol. The van der Waals surface area contributed by atoms with Crippen LogP contribution >= 0.6 is 0 Å². The van der Waals surface area contributed by atoms with Gasteiger partial charge in [-0.05, 0) is 25.0 Å². The Morgan fingerprint density at radius 3 is 2.57 bits per heavy atom. The maximum Gasteiger partial charge on any atom is 0.325 e. The summed E-state index contributed by atoms with van der Waals surface area (Å²) in [6, 6.07) is 4.58. The number of carbonyl (C=O) groups excluding carboxylic acids is 3. The fourth-order valence-corrected chi connectivity index (χ4v) is 3.72. The number of nitrogens with one attached hydrogen (secondary N) is 1. The predicted octanol–water partition coefficient (Wildman–Crippen LogP) is 0.683. The molecule has 3 rings (SSSR count). The van der Waals surface area contributed by atoms with Crippen LogP contribution in [0, 0.1) is 0 Å². The van der Waals surface area contributed by atoms with Crippen LogP contribution in [0.3, 0.4) is 0 Å². The third-order valence-electron chi connectivity index (χ3n) is 5.22. The Balaban J connectivity index is 1.67. The van der Waals surface area contributed by atoms with Gasteiger partial charge in [0.1, 0.15) is 12.6 Å². The summed E-state index contributed by atoms with van der Waals surface area (Å²) in [6.07, 6.45) is 1.44. The molecule has 2 aliphatic heterocycles. The number of rotatable bonds is 6. The second-order valence-electron chi connectivity index (χ2n) is 6.75. The Morgan fingerprint density at radius 2 is 1.89 bits per heavy atom. The van der Waals surface area contributed by atoms with Crippen LogP contribution in [0.1, 0.15) is 12.8 Å². The van der Waals surface area contributed by atoms with Crippen molar-refractivity contribution in [2.45, 2.75) is 18.9 Å². The summed E-state index contributed by atoms with van der Waals surface area (Å²) in [4.78, 5) is 42.2. The second kappa shape index (κ2) is 8.37. The van der Waals surface area contributed by atoms with Gasteiger partial charge in [0.15, 0.2) is 11.5 Å². The molecule has 0 bridgehead atoms. The molecule has 2 saturated heterocycles. The van der Waals surface area contributed by atoms with Crippen molar-refractivity contribution < 1.29 is 23.9 Å². The Morgan fingerprint density at radius 1 is 1.14 bits per heavy atom. The standard InChI is InChI=1S/C19H26N4O5/c1-20-18(25)14-5-4-8-23(14)17(24)12-21-9-10-22(19(21)26)13-6-7-15(27-2)16(11-13)28-3/h6-7,11,14H,4-5,8-10,12H2,1-3H3,(H,20,25). The van der Waals surface area contributed by atoms with Crippen LogP contribution in [0.5, 0.6) is 11.5 Å². The smallest absolute Gasteiger partial charge is 0.325 e. The van der Waals surface area contributed by atoms with Crippen molar-refractivity contribution in [2.24, 2.45) is 0 Å². The number of ether oxygens (including phenoxy) is 2. The second-order valence-corrected chi connectivity index (χ2v) is 6.75. The van der Waals surface area contributed by atoms with E-state index in [0.29, 0.717) is 43.2 Å². The van der Waals surface area contributed by atoms with Gasteiger partial charge in [-0.1, -0.05) is 0 Å². The number of likely N-dealkylation sites (tertiary alicyclic amines) is 1. The third kappa shape index (κ3) is 3.69. The molecule has 1 aromatic carbocycles. The summed E-state index contributed by atoms with van der Waals surface area (Å²) in [5, 5.41) is 2.60. The average molecular weight is 390 g/mol. The molecular weight excluding hydrogens is 364 g/mol. The van der Waals surface area contributed by atoms with Gasteiger partial charge >= 0.3 is 6.03 Å². The summed E-state index contributed by atoms with van der Waals surface area (Å²) in [6.45, 7) is 1.42. The van der Waals surface area contributed by atoms with Crippen LogP contribution in [0.15, 0.2) is 18.2 Å². The predicted molar refractivity (Wildman–Crippen MR) is 103 cm³/mol. The van der Waals surface area contributed by atoms with E-state index >= 15 is 0 Å². The third-order valence-corrected chi connectivity index (χ3v) is 5.22. The molecule has 0 aliphatic carbocycles. The molecule has 0 saturated carbocycles. The van der Waals surface area contributed by atoms with E-state index in [2.05, 4.69) is 5.32 Å². The van der Waals surface area contributed by atoms with Crippen molar-refractivity contribution in [1.82, 2.24) is 15.1 Å². The molecule has 152 valence electrons. The number of nitrogens with zero attached hydrogens (tertiary/aromatic N) is 3. The number of hydrogen-bond acceptors (Lipinski definition) is 5. The molecule has 1 atom stereocenters. The molecule has 2 aliphatic rings. The van der Waals surface area contributed by atoms with E-state index < -0.39 is 6.04 Å². The minimum atomic E-state index is -0.447. The fourth-order valence-electron chi connectivity index (χ4n) is 3.72. The maximum absolute atomic E-state index is 12.8. The van der Waals surface area contributed by atoms with Crippen molar-refractivity contribution in [3.63, 3.8) is 0 Å². The number of anilines is 1. The van der Waals surface area contributed by atoms with Crippen LogP contribution in [0.25, 0.3) is 0 Å². The molecule has 9 nitrogen and oxygen atoms in total. The summed E-state index contributed by atoms with van der Waals surface area (Å²) in [7, 11) is 4.65. The topological polar surface area (TPSA) is 91.4 Å². The molecule has 4 amide bonds. The summed E-state index contributed by atoms with van der Waals surface area (Å²) < 4.78 is 10.5. The molecule has 0 radical (unpaired) electrons. The van der Waals surface area contributed by atoms with Crippen LogP contribution in [-0.2, 0) is 9.59 Å². The highest BCUT2D eigenvalue weighted by molar-refractivity contribution is 5.97. The Kier molecular flexibility index (Phi) is 5.91. The SMILES string of the molecule is CNC(=O)C1CCCN1C(=O)CN1CCN(c2ccc(OC)c(OC)c2)C1=O. The zero-order chi connectivity index (χ0) is 20.3. The van der Waals surface area contributed by atoms with Crippen molar-refractivity contribution in [3.8, 4) is 11.5 Å². The van der Waals surface area contributed by atoms with E-state index in [9.17, 15) is 14.4 Å². The lowest BCUT2D eigenvalue weighted by Crippen LogP contribution is -2.48. The quantitative estimate of drug-likeness (QED) is 0.771. The van der Waals surface area contributed by atoms with Crippen LogP contribution in [-0.4, -0.2) is 81.1 Å². The fraction of sp³-hybridized carbons (Fsp3) is 0.526. The first kappa shape index (κ1) is 19.8. The Hall–Kier alpha value is -2.97. The molecule has 2 fully saturated rings. The van der Waals surface area contributed by atoms with Crippen molar-refractivity contribution in [2.75, 3.05) is 52.3 Å². The molecule has 2 heterocycles. The first-order valence-electron chi connectivity index (χ1n) is 9.29. The van der Waals surface area contributed by atoms with Crippen LogP contribution in [0.2, 0.25) is 0 Å². The number of benzene rings is 1. The van der Waals surface area contributed by atoms with E-state index in [4.69, 9.17) is 9.47 Å². The molecule has 1 unspecified atom stereocenters. The van der Waals surface area contributed by atoms with Crippen LogP contribution < -0.4 is 19.7 Å². The van der Waals surface area contributed by atoms with Crippen LogP contribution in [0.4, 0.5) is 10.5 Å². The van der Waals surface area contributed by atoms with Gasteiger partial charge < -0.3 is 24.6 Å². The first-order chi connectivity index (χ1) is 13.5. The van der Waals surface area contributed by atoms with Gasteiger partial charge in [-0.25, -0.2) is 4.79 Å². The summed E-state index contributed by atoms with van der Waals surface area (Å²) >= 11 is 0. The van der Waals surface area contributed by atoms with Gasteiger partial charge in [0.2, 0.25) is 11.8 Å². The highest BCUT2D eigenvalue weighted by atomic mass is 16.5. The lowest BCUT2D eigenvalue weighted by Gasteiger charge is -2.26. The maximum atomic E-state index is 12.8. The first-order valence-corrected chi connectivity index (χ1v) is 9.29.